The van der Waals surface area contributed by atoms with E-state index in [1.165, 1.54) is 12.3 Å². The van der Waals surface area contributed by atoms with Gasteiger partial charge in [-0.1, -0.05) is 0 Å². The lowest BCUT2D eigenvalue weighted by Crippen LogP contribution is -2.48. The number of ether oxygens (including phenoxy) is 1. The maximum absolute atomic E-state index is 14.8. The second-order valence-corrected chi connectivity index (χ2v) is 7.52. The van der Waals surface area contributed by atoms with Gasteiger partial charge in [-0.15, -0.1) is 0 Å². The smallest absolute Gasteiger partial charge is 0.283 e. The Kier molecular flexibility index (Phi) is 5.06. The van der Waals surface area contributed by atoms with E-state index in [9.17, 15) is 26.7 Å². The summed E-state index contributed by atoms with van der Waals surface area (Å²) in [5.74, 6) is -7.07. The lowest BCUT2D eigenvalue weighted by atomic mass is 9.76. The van der Waals surface area contributed by atoms with Gasteiger partial charge in [0.2, 0.25) is 0 Å². The van der Waals surface area contributed by atoms with Gasteiger partial charge in [-0.2, -0.15) is 0 Å². The van der Waals surface area contributed by atoms with E-state index in [4.69, 9.17) is 10.5 Å². The normalized spacial score (nSPS) is 26.5. The number of hydrogen-bond acceptors (Lipinski definition) is 5. The lowest BCUT2D eigenvalue weighted by molar-refractivity contribution is -0.00299. The zero-order valence-corrected chi connectivity index (χ0v) is 15.9. The fourth-order valence-electron chi connectivity index (χ4n) is 4.17. The predicted molar refractivity (Wildman–Crippen MR) is 100 cm³/mol. The van der Waals surface area contributed by atoms with Gasteiger partial charge in [0, 0.05) is 36.2 Å². The highest BCUT2D eigenvalue weighted by Gasteiger charge is 2.60. The first kappa shape index (κ1) is 21.0. The van der Waals surface area contributed by atoms with Crippen molar-refractivity contribution in [1.29, 1.82) is 0 Å². The Morgan fingerprint density at radius 1 is 1.23 bits per heavy atom. The molecular weight excluding hydrogens is 423 g/mol. The second kappa shape index (κ2) is 7.47. The third-order valence-corrected chi connectivity index (χ3v) is 5.53. The fourth-order valence-corrected chi connectivity index (χ4v) is 4.17. The van der Waals surface area contributed by atoms with Gasteiger partial charge in [-0.05, 0) is 30.3 Å². The molecule has 1 fully saturated rings. The van der Waals surface area contributed by atoms with Crippen LogP contribution < -0.4 is 11.1 Å². The van der Waals surface area contributed by atoms with Crippen molar-refractivity contribution in [2.24, 2.45) is 16.6 Å². The number of aromatic nitrogens is 1. The van der Waals surface area contributed by atoms with Gasteiger partial charge in [0.1, 0.15) is 24.1 Å². The number of nitrogens with one attached hydrogen (secondary N) is 1. The average molecular weight is 440 g/mol. The molecule has 1 aliphatic carbocycles. The Hall–Kier alpha value is -3.24. The van der Waals surface area contributed by atoms with Gasteiger partial charge in [-0.3, -0.25) is 4.79 Å². The number of amidine groups is 1. The minimum absolute atomic E-state index is 0.0270. The minimum Gasteiger partial charge on any atom is -0.461 e. The van der Waals surface area contributed by atoms with Gasteiger partial charge in [0.25, 0.3) is 17.9 Å². The number of rotatable bonds is 4. The molecule has 1 aromatic carbocycles. The molecular formula is C20H17F5N4O2. The van der Waals surface area contributed by atoms with Crippen LogP contribution in [0.15, 0.2) is 41.5 Å². The molecule has 2 aromatic rings. The van der Waals surface area contributed by atoms with E-state index in [1.807, 2.05) is 0 Å². The van der Waals surface area contributed by atoms with Crippen LogP contribution in [0.3, 0.4) is 0 Å². The van der Waals surface area contributed by atoms with E-state index in [1.54, 1.807) is 0 Å². The summed E-state index contributed by atoms with van der Waals surface area (Å²) >= 11 is 0. The molecule has 0 spiro atoms. The minimum atomic E-state index is -3.16. The molecule has 1 aliphatic heterocycles. The number of benzene rings is 1. The molecule has 0 bridgehead atoms. The summed E-state index contributed by atoms with van der Waals surface area (Å²) in [5.41, 5.74) is 2.65. The molecule has 3 unspecified atom stereocenters. The van der Waals surface area contributed by atoms with Crippen LogP contribution in [0.5, 0.6) is 0 Å². The molecule has 2 heterocycles. The zero-order valence-electron chi connectivity index (χ0n) is 15.9. The van der Waals surface area contributed by atoms with Gasteiger partial charge in [0.05, 0.1) is 0 Å². The summed E-state index contributed by atoms with van der Waals surface area (Å²) in [6.45, 7) is -1.32. The molecule has 1 saturated carbocycles. The van der Waals surface area contributed by atoms with Crippen molar-refractivity contribution < 1.29 is 31.5 Å². The van der Waals surface area contributed by atoms with Crippen LogP contribution in [0.2, 0.25) is 0 Å². The van der Waals surface area contributed by atoms with Gasteiger partial charge in [0.15, 0.2) is 11.5 Å². The highest BCUT2D eigenvalue weighted by Crippen LogP contribution is 2.53. The monoisotopic (exact) mass is 440 g/mol. The molecule has 1 aromatic heterocycles. The van der Waals surface area contributed by atoms with Crippen LogP contribution in [-0.4, -0.2) is 35.6 Å². The Morgan fingerprint density at radius 2 is 2.00 bits per heavy atom. The van der Waals surface area contributed by atoms with E-state index >= 15 is 0 Å². The first-order chi connectivity index (χ1) is 14.6. The highest BCUT2D eigenvalue weighted by molar-refractivity contribution is 6.03. The van der Waals surface area contributed by atoms with Crippen LogP contribution in [0, 0.1) is 17.6 Å². The maximum Gasteiger partial charge on any atom is 0.283 e. The van der Waals surface area contributed by atoms with Gasteiger partial charge >= 0.3 is 0 Å². The lowest BCUT2D eigenvalue weighted by Gasteiger charge is -2.40. The number of pyridine rings is 1. The van der Waals surface area contributed by atoms with E-state index in [0.29, 0.717) is 0 Å². The molecule has 1 amide bonds. The van der Waals surface area contributed by atoms with Crippen molar-refractivity contribution in [2.45, 2.75) is 30.4 Å². The van der Waals surface area contributed by atoms with E-state index in [-0.39, 0.29) is 11.3 Å². The zero-order chi connectivity index (χ0) is 22.4. The first-order valence-corrected chi connectivity index (χ1v) is 9.33. The number of nitrogens with zero attached hydrogens (tertiary/aromatic N) is 2. The number of amides is 1. The van der Waals surface area contributed by atoms with E-state index in [2.05, 4.69) is 15.3 Å². The van der Waals surface area contributed by atoms with Gasteiger partial charge in [-0.25, -0.2) is 31.9 Å². The number of fused-ring (bicyclic) bond motifs is 1. The van der Waals surface area contributed by atoms with Crippen LogP contribution in [0.4, 0.5) is 27.6 Å². The van der Waals surface area contributed by atoms with Crippen LogP contribution in [-0.2, 0) is 10.3 Å². The van der Waals surface area contributed by atoms with Crippen molar-refractivity contribution in [2.75, 3.05) is 12.0 Å². The van der Waals surface area contributed by atoms with Crippen LogP contribution in [0.25, 0.3) is 0 Å². The number of alkyl halides is 3. The number of aliphatic imine (C=N–C) groups is 1. The summed E-state index contributed by atoms with van der Waals surface area (Å²) < 4.78 is 76.3. The highest BCUT2D eigenvalue weighted by atomic mass is 19.3. The summed E-state index contributed by atoms with van der Waals surface area (Å²) in [6.07, 6.45) is -1.41. The second-order valence-electron chi connectivity index (χ2n) is 7.52. The third kappa shape index (κ3) is 3.68. The summed E-state index contributed by atoms with van der Waals surface area (Å²) in [5, 5.41) is 2.34. The third-order valence-electron chi connectivity index (χ3n) is 5.53. The molecule has 2 aliphatic rings. The maximum atomic E-state index is 14.8. The van der Waals surface area contributed by atoms with E-state index in [0.717, 1.165) is 24.3 Å². The number of anilines is 1. The fraction of sp³-hybridized carbons (Fsp3) is 0.350. The molecule has 11 heteroatoms. The number of nitrogens with two attached hydrogens (primary N) is 1. The predicted octanol–water partition coefficient (Wildman–Crippen LogP) is 3.54. The average Bonchev–Trinajstić information content (AvgIpc) is 3.03. The summed E-state index contributed by atoms with van der Waals surface area (Å²) in [7, 11) is 0. The molecule has 4 rings (SSSR count). The number of carbonyl (C=O) groups is 1. The summed E-state index contributed by atoms with van der Waals surface area (Å²) in [4.78, 5) is 19.9. The van der Waals surface area contributed by atoms with Gasteiger partial charge < -0.3 is 15.8 Å². The Morgan fingerprint density at radius 3 is 2.71 bits per heavy atom. The molecule has 3 atom stereocenters. The summed E-state index contributed by atoms with van der Waals surface area (Å²) in [6, 6.07) is 4.98. The first-order valence-electron chi connectivity index (χ1n) is 9.33. The Labute approximate surface area is 173 Å². The standard InChI is InChI=1S/C20H17F5N4O2/c21-9-20(12-7-19(24,25)8-15(12)31-18(26)29-20)11-6-10(3-4-13(11)22)28-17(30)16-14(23)2-1-5-27-16/h1-6,12,15H,7-9H2,(H2,26,29)(H,28,30). The SMILES string of the molecule is NC1=NC(CF)(c2cc(NC(=O)c3ncccc3F)ccc2F)C2CC(F)(F)CC2O1. The van der Waals surface area contributed by atoms with Crippen molar-refractivity contribution in [1.82, 2.24) is 4.98 Å². The molecule has 164 valence electrons. The van der Waals surface area contributed by atoms with Crippen molar-refractivity contribution in [3.05, 3.63) is 59.4 Å². The van der Waals surface area contributed by atoms with Crippen molar-refractivity contribution in [3.63, 3.8) is 0 Å². The quantitative estimate of drug-likeness (QED) is 0.712. The molecule has 3 N–H and O–H groups in total. The number of carbonyl (C=O) groups excluding carboxylic acids is 1. The number of hydrogen-bond donors (Lipinski definition) is 2. The molecule has 0 radical (unpaired) electrons. The molecule has 0 saturated heterocycles. The van der Waals surface area contributed by atoms with Crippen molar-refractivity contribution >= 4 is 17.6 Å². The topological polar surface area (TPSA) is 89.6 Å². The van der Waals surface area contributed by atoms with Crippen LogP contribution >= 0.6 is 0 Å². The Bertz CT molecular complexity index is 1060. The number of halogens is 5. The van der Waals surface area contributed by atoms with Crippen LogP contribution in [0.1, 0.15) is 28.9 Å². The van der Waals surface area contributed by atoms with Crippen molar-refractivity contribution in [3.8, 4) is 0 Å². The molecule has 6 nitrogen and oxygen atoms in total. The van der Waals surface area contributed by atoms with E-state index < -0.39 is 72.3 Å². The Balaban J connectivity index is 1.74. The molecule has 31 heavy (non-hydrogen) atoms. The largest absolute Gasteiger partial charge is 0.461 e.